The van der Waals surface area contributed by atoms with Crippen molar-refractivity contribution in [3.8, 4) is 0 Å². The molecule has 0 saturated heterocycles. The van der Waals surface area contributed by atoms with Gasteiger partial charge in [-0.05, 0) is 75.0 Å². The van der Waals surface area contributed by atoms with E-state index < -0.39 is 23.1 Å². The van der Waals surface area contributed by atoms with Crippen molar-refractivity contribution in [3.05, 3.63) is 52.1 Å². The summed E-state index contributed by atoms with van der Waals surface area (Å²) in [5.74, 6) is -3.94. The first kappa shape index (κ1) is 26.0. The number of alkyl halides is 2. The number of benzene rings is 1. The van der Waals surface area contributed by atoms with Gasteiger partial charge in [0, 0.05) is 34.6 Å². The molecule has 2 aromatic rings. The molecule has 2 amide bonds. The number of nitrogens with two attached hydrogens (primary N) is 1. The van der Waals surface area contributed by atoms with Gasteiger partial charge in [-0.2, -0.15) is 13.8 Å². The lowest BCUT2D eigenvalue weighted by atomic mass is 9.53. The molecule has 1 aromatic carbocycles. The van der Waals surface area contributed by atoms with E-state index >= 15 is 0 Å². The summed E-state index contributed by atoms with van der Waals surface area (Å²) >= 11 is 3.52. The number of anilines is 1. The lowest BCUT2D eigenvalue weighted by molar-refractivity contribution is -0.127. The van der Waals surface area contributed by atoms with Crippen molar-refractivity contribution in [2.75, 3.05) is 11.4 Å². The Hall–Kier alpha value is -2.62. The Balaban J connectivity index is 1.38. The van der Waals surface area contributed by atoms with E-state index in [1.54, 1.807) is 6.08 Å². The van der Waals surface area contributed by atoms with E-state index in [4.69, 9.17) is 10.3 Å². The predicted molar refractivity (Wildman–Crippen MR) is 137 cm³/mol. The minimum absolute atomic E-state index is 0.100. The third-order valence-corrected chi connectivity index (χ3v) is 9.38. The van der Waals surface area contributed by atoms with Crippen molar-refractivity contribution in [1.29, 1.82) is 0 Å². The first-order valence-corrected chi connectivity index (χ1v) is 13.5. The molecule has 1 atom stereocenters. The number of hydrogen-bond acceptors (Lipinski definition) is 5. The van der Waals surface area contributed by atoms with Crippen LogP contribution < -0.4 is 10.6 Å². The molecular weight excluding hydrogens is 546 g/mol. The van der Waals surface area contributed by atoms with Crippen LogP contribution in [0.4, 0.5) is 14.5 Å². The Morgan fingerprint density at radius 2 is 1.84 bits per heavy atom. The third kappa shape index (κ3) is 4.51. The summed E-state index contributed by atoms with van der Waals surface area (Å²) in [6.07, 6.45) is 7.40. The standard InChI is InChI=1S/C27H31BrF2N4O3/c1-3-26(21(31)36)14-17(15-26)20(35)34(19-6-4-5-18(28)13-19)16-25-7-10-27(11-8-25,12-9-25)22-32-23(37-33-22)24(2,29)30/h4-6,13-14H,3,7-12,15-16H2,1-2H3,(H2,31,36). The molecular formula is C27H31BrF2N4O3. The highest BCUT2D eigenvalue weighted by molar-refractivity contribution is 9.10. The zero-order chi connectivity index (χ0) is 26.6. The molecule has 3 fully saturated rings. The summed E-state index contributed by atoms with van der Waals surface area (Å²) in [5.41, 5.74) is 5.81. The number of carbonyl (C=O) groups is 2. The van der Waals surface area contributed by atoms with Crippen LogP contribution in [-0.2, 0) is 20.9 Å². The van der Waals surface area contributed by atoms with Crippen molar-refractivity contribution in [2.45, 2.75) is 76.6 Å². The van der Waals surface area contributed by atoms with Crippen molar-refractivity contribution >= 4 is 33.4 Å². The number of halogens is 3. The molecule has 1 aromatic heterocycles. The van der Waals surface area contributed by atoms with Crippen molar-refractivity contribution in [2.24, 2.45) is 16.6 Å². The van der Waals surface area contributed by atoms with E-state index in [-0.39, 0.29) is 16.7 Å². The van der Waals surface area contributed by atoms with Gasteiger partial charge >= 0.3 is 5.92 Å². The molecule has 0 aliphatic heterocycles. The number of nitrogens with zero attached hydrogens (tertiary/aromatic N) is 3. The smallest absolute Gasteiger partial charge is 0.322 e. The number of amides is 2. The normalized spacial score (nSPS) is 28.9. The number of carbonyl (C=O) groups excluding carboxylic acids is 2. The van der Waals surface area contributed by atoms with Crippen molar-refractivity contribution in [1.82, 2.24) is 10.1 Å². The number of aromatic nitrogens is 2. The van der Waals surface area contributed by atoms with Crippen LogP contribution >= 0.6 is 15.9 Å². The SMILES string of the molecule is CCC1(C(N)=O)C=C(C(=O)N(CC23CCC(c4noc(C(C)(F)F)n4)(CC2)CC3)c2cccc(Br)c2)C1. The maximum Gasteiger partial charge on any atom is 0.322 e. The Morgan fingerprint density at radius 1 is 1.19 bits per heavy atom. The highest BCUT2D eigenvalue weighted by atomic mass is 79.9. The van der Waals surface area contributed by atoms with Gasteiger partial charge in [-0.15, -0.1) is 0 Å². The molecule has 6 rings (SSSR count). The minimum Gasteiger partial charge on any atom is -0.369 e. The molecule has 0 spiro atoms. The summed E-state index contributed by atoms with van der Waals surface area (Å²) in [7, 11) is 0. The largest absolute Gasteiger partial charge is 0.369 e. The maximum atomic E-state index is 13.8. The zero-order valence-corrected chi connectivity index (χ0v) is 22.6. The fourth-order valence-corrected chi connectivity index (χ4v) is 6.61. The van der Waals surface area contributed by atoms with E-state index in [0.29, 0.717) is 30.8 Å². The van der Waals surface area contributed by atoms with E-state index in [9.17, 15) is 18.4 Å². The van der Waals surface area contributed by atoms with Gasteiger partial charge < -0.3 is 15.2 Å². The first-order chi connectivity index (χ1) is 17.4. The van der Waals surface area contributed by atoms with Crippen LogP contribution in [0, 0.1) is 10.8 Å². The number of hydrogen-bond donors (Lipinski definition) is 1. The van der Waals surface area contributed by atoms with Crippen LogP contribution in [-0.4, -0.2) is 28.5 Å². The van der Waals surface area contributed by atoms with E-state index in [1.807, 2.05) is 36.1 Å². The Labute approximate surface area is 223 Å². The van der Waals surface area contributed by atoms with E-state index in [0.717, 1.165) is 55.6 Å². The topological polar surface area (TPSA) is 102 Å². The van der Waals surface area contributed by atoms with Crippen LogP contribution in [0.3, 0.4) is 0 Å². The Bertz CT molecular complexity index is 1250. The predicted octanol–water partition coefficient (Wildman–Crippen LogP) is 5.78. The average molecular weight is 577 g/mol. The van der Waals surface area contributed by atoms with E-state index in [1.165, 1.54) is 0 Å². The zero-order valence-electron chi connectivity index (χ0n) is 21.0. The summed E-state index contributed by atoms with van der Waals surface area (Å²) in [6.45, 7) is 3.20. The molecule has 10 heteroatoms. The van der Waals surface area contributed by atoms with Crippen LogP contribution in [0.15, 0.2) is 44.9 Å². The fourth-order valence-electron chi connectivity index (χ4n) is 6.23. The van der Waals surface area contributed by atoms with E-state index in [2.05, 4.69) is 26.1 Å². The molecule has 0 radical (unpaired) electrons. The summed E-state index contributed by atoms with van der Waals surface area (Å²) < 4.78 is 33.1. The second-order valence-electron chi connectivity index (χ2n) is 11.2. The Morgan fingerprint density at radius 3 is 2.35 bits per heavy atom. The summed E-state index contributed by atoms with van der Waals surface area (Å²) in [5, 5.41) is 3.94. The monoisotopic (exact) mass is 576 g/mol. The quantitative estimate of drug-likeness (QED) is 0.429. The second kappa shape index (κ2) is 8.99. The van der Waals surface area contributed by atoms with Crippen LogP contribution in [0.2, 0.25) is 0 Å². The van der Waals surface area contributed by atoms with Gasteiger partial charge in [0.2, 0.25) is 5.91 Å². The van der Waals surface area contributed by atoms with Gasteiger partial charge in [0.25, 0.3) is 11.8 Å². The van der Waals surface area contributed by atoms with Gasteiger partial charge in [-0.3, -0.25) is 9.59 Å². The van der Waals surface area contributed by atoms with Gasteiger partial charge in [0.15, 0.2) is 5.82 Å². The summed E-state index contributed by atoms with van der Waals surface area (Å²) in [4.78, 5) is 31.7. The minimum atomic E-state index is -3.17. The van der Waals surface area contributed by atoms with Gasteiger partial charge in [0.05, 0.1) is 5.41 Å². The van der Waals surface area contributed by atoms with Gasteiger partial charge in [0.1, 0.15) is 0 Å². The fraction of sp³-hybridized carbons (Fsp3) is 0.556. The average Bonchev–Trinajstić information content (AvgIpc) is 3.35. The number of primary amides is 1. The first-order valence-electron chi connectivity index (χ1n) is 12.7. The summed E-state index contributed by atoms with van der Waals surface area (Å²) in [6, 6.07) is 7.66. The molecule has 4 aliphatic carbocycles. The van der Waals surface area contributed by atoms with Crippen molar-refractivity contribution < 1.29 is 22.9 Å². The van der Waals surface area contributed by atoms with Gasteiger partial charge in [-0.1, -0.05) is 40.2 Å². The van der Waals surface area contributed by atoms with Crippen LogP contribution in [0.1, 0.15) is 76.9 Å². The molecule has 1 unspecified atom stereocenters. The molecule has 37 heavy (non-hydrogen) atoms. The third-order valence-electron chi connectivity index (χ3n) is 8.89. The molecule has 7 nitrogen and oxygen atoms in total. The Kier molecular flexibility index (Phi) is 6.32. The van der Waals surface area contributed by atoms with Gasteiger partial charge in [-0.25, -0.2) is 0 Å². The molecule has 2 N–H and O–H groups in total. The molecule has 3 saturated carbocycles. The molecule has 4 aliphatic rings. The number of fused-ring (bicyclic) bond motifs is 3. The maximum absolute atomic E-state index is 13.8. The molecule has 2 bridgehead atoms. The highest BCUT2D eigenvalue weighted by Gasteiger charge is 2.53. The van der Waals surface area contributed by atoms with Crippen LogP contribution in [0.5, 0.6) is 0 Å². The van der Waals surface area contributed by atoms with Crippen molar-refractivity contribution in [3.63, 3.8) is 0 Å². The lowest BCUT2D eigenvalue weighted by Crippen LogP contribution is -2.52. The lowest BCUT2D eigenvalue weighted by Gasteiger charge is -2.53. The molecule has 1 heterocycles. The molecule has 198 valence electrons. The second-order valence-corrected chi connectivity index (χ2v) is 12.1. The number of rotatable bonds is 8. The highest BCUT2D eigenvalue weighted by Crippen LogP contribution is 2.58. The van der Waals surface area contributed by atoms with Crippen LogP contribution in [0.25, 0.3) is 0 Å².